The Morgan fingerprint density at radius 3 is 2.42 bits per heavy atom. The predicted molar refractivity (Wildman–Crippen MR) is 140 cm³/mol. The molecule has 2 heterocycles. The van der Waals surface area contributed by atoms with Crippen LogP contribution in [0.5, 0.6) is 0 Å². The summed E-state index contributed by atoms with van der Waals surface area (Å²) < 4.78 is 10.9. The maximum absolute atomic E-state index is 13.2. The van der Waals surface area contributed by atoms with Gasteiger partial charge in [-0.05, 0) is 38.3 Å². The van der Waals surface area contributed by atoms with Crippen LogP contribution in [0.3, 0.4) is 0 Å². The van der Waals surface area contributed by atoms with E-state index in [4.69, 9.17) is 4.74 Å². The van der Waals surface area contributed by atoms with Gasteiger partial charge in [-0.3, -0.25) is 23.7 Å². The Balaban J connectivity index is 1.73. The third-order valence-electron chi connectivity index (χ3n) is 6.18. The fourth-order valence-corrected chi connectivity index (χ4v) is 4.01. The normalized spacial score (nSPS) is 12.3. The molecule has 14 heteroatoms. The van der Waals surface area contributed by atoms with Crippen LogP contribution in [0.1, 0.15) is 58.7 Å². The molecule has 0 spiro atoms. The van der Waals surface area contributed by atoms with E-state index in [1.807, 2.05) is 0 Å². The van der Waals surface area contributed by atoms with Crippen LogP contribution in [-0.4, -0.2) is 61.2 Å². The molecule has 3 aromatic rings. The minimum atomic E-state index is -1.50. The number of carboxylic acids is 1. The average Bonchev–Trinajstić information content (AvgIpc) is 3.31. The molecule has 0 aliphatic rings. The first-order chi connectivity index (χ1) is 19.0. The quantitative estimate of drug-likeness (QED) is 0.258. The Kier molecular flexibility index (Phi) is 9.84. The molecule has 1 aromatic carbocycles. The van der Waals surface area contributed by atoms with Crippen molar-refractivity contribution < 1.29 is 33.7 Å². The largest absolute Gasteiger partial charge is 0.481 e. The van der Waals surface area contributed by atoms with Gasteiger partial charge < -0.3 is 20.5 Å². The molecule has 2 unspecified atom stereocenters. The second-order valence-corrected chi connectivity index (χ2v) is 9.03. The molecule has 0 fully saturated rings. The number of nitrogens with one attached hydrogen (secondary N) is 2. The topological polar surface area (TPSA) is 196 Å². The van der Waals surface area contributed by atoms with E-state index in [1.165, 1.54) is 12.4 Å². The number of aromatic nitrogens is 4. The van der Waals surface area contributed by atoms with Crippen LogP contribution in [-0.2, 0) is 25.7 Å². The highest BCUT2D eigenvalue weighted by Crippen LogP contribution is 2.15. The molecule has 0 bridgehead atoms. The van der Waals surface area contributed by atoms with Crippen LogP contribution >= 0.6 is 0 Å². The fraction of sp³-hybridized carbons (Fsp3) is 0.385. The molecule has 0 saturated heterocycles. The number of amides is 1. The number of carbonyl (C=O) groups is 4. The van der Waals surface area contributed by atoms with Crippen LogP contribution in [0, 0.1) is 20.8 Å². The number of hydrogen-bond donors (Lipinski definition) is 3. The maximum Gasteiger partial charge on any atom is 0.339 e. The van der Waals surface area contributed by atoms with Crippen molar-refractivity contribution in [3.8, 4) is 0 Å². The van der Waals surface area contributed by atoms with Gasteiger partial charge in [-0.25, -0.2) is 14.4 Å². The van der Waals surface area contributed by atoms with Gasteiger partial charge in [0.25, 0.3) is 5.56 Å². The number of carboxylic acid groups (broad SMARTS) is 1. The number of carbonyl (C=O) groups excluding carboxylic acids is 3. The first kappa shape index (κ1) is 29.7. The van der Waals surface area contributed by atoms with Gasteiger partial charge >= 0.3 is 11.9 Å². The van der Waals surface area contributed by atoms with Gasteiger partial charge in [-0.2, -0.15) is 0 Å². The number of aliphatic carboxylic acids is 1. The lowest BCUT2D eigenvalue weighted by Gasteiger charge is -2.22. The van der Waals surface area contributed by atoms with Crippen molar-refractivity contribution in [3.05, 3.63) is 69.0 Å². The van der Waals surface area contributed by atoms with Gasteiger partial charge in [-0.15, -0.1) is 0 Å². The van der Waals surface area contributed by atoms with Crippen molar-refractivity contribution >= 4 is 29.4 Å². The third-order valence-corrected chi connectivity index (χ3v) is 6.18. The lowest BCUT2D eigenvalue weighted by Crippen LogP contribution is -2.47. The second kappa shape index (κ2) is 13.3. The van der Waals surface area contributed by atoms with Gasteiger partial charge in [0.1, 0.15) is 23.5 Å². The molecule has 3 rings (SSSR count). The minimum absolute atomic E-state index is 0.0623. The van der Waals surface area contributed by atoms with E-state index in [9.17, 15) is 29.1 Å². The average molecular weight is 555 g/mol. The number of esters is 1. The molecule has 0 radical (unpaired) electrons. The number of Topliss-reactive ketones (excluding diaryl/α,β-unsaturated/α-hetero) is 1. The first-order valence-electron chi connectivity index (χ1n) is 12.4. The summed E-state index contributed by atoms with van der Waals surface area (Å²) in [6, 6.07) is 2.63. The number of nitrogens with zero attached hydrogens (tertiary/aromatic N) is 4. The molecular weight excluding hydrogens is 524 g/mol. The predicted octanol–water partition coefficient (Wildman–Crippen LogP) is 1.50. The molecule has 2 atom stereocenters. The maximum atomic E-state index is 13.2. The number of anilines is 1. The Morgan fingerprint density at radius 1 is 1.12 bits per heavy atom. The highest BCUT2D eigenvalue weighted by atomic mass is 16.6. The highest BCUT2D eigenvalue weighted by molar-refractivity contribution is 5.97. The number of aryl methyl sites for hydroxylation is 3. The van der Waals surface area contributed by atoms with E-state index in [0.29, 0.717) is 28.1 Å². The molecule has 1 amide bonds. The Morgan fingerprint density at radius 2 is 1.82 bits per heavy atom. The fourth-order valence-electron chi connectivity index (χ4n) is 4.01. The lowest BCUT2D eigenvalue weighted by molar-refractivity contribution is -0.141. The molecule has 212 valence electrons. The van der Waals surface area contributed by atoms with Crippen molar-refractivity contribution in [2.24, 2.45) is 0 Å². The van der Waals surface area contributed by atoms with Crippen molar-refractivity contribution in [1.82, 2.24) is 25.2 Å². The zero-order valence-corrected chi connectivity index (χ0v) is 22.5. The van der Waals surface area contributed by atoms with E-state index in [2.05, 4.69) is 30.6 Å². The van der Waals surface area contributed by atoms with Gasteiger partial charge in [0.15, 0.2) is 18.2 Å². The number of rotatable bonds is 13. The SMILES string of the molecule is CCC(C(=O)NC(CC(=O)O)C(=O)COC(=O)c1c(C)cccc1C)n1ccnc(NCc2nonc2C)c1=O. The van der Waals surface area contributed by atoms with Gasteiger partial charge in [0, 0.05) is 12.4 Å². The van der Waals surface area contributed by atoms with Crippen molar-refractivity contribution in [1.29, 1.82) is 0 Å². The number of hydrogen-bond acceptors (Lipinski definition) is 11. The van der Waals surface area contributed by atoms with Crippen molar-refractivity contribution in [2.75, 3.05) is 11.9 Å². The Bertz CT molecular complexity index is 1440. The van der Waals surface area contributed by atoms with E-state index < -0.39 is 54.3 Å². The van der Waals surface area contributed by atoms with Gasteiger partial charge in [0.2, 0.25) is 5.91 Å². The van der Waals surface area contributed by atoms with E-state index in [-0.39, 0.29) is 18.8 Å². The molecule has 40 heavy (non-hydrogen) atoms. The molecule has 2 aromatic heterocycles. The minimum Gasteiger partial charge on any atom is -0.481 e. The van der Waals surface area contributed by atoms with Crippen LogP contribution in [0.4, 0.5) is 5.82 Å². The number of ether oxygens (including phenoxy) is 1. The summed E-state index contributed by atoms with van der Waals surface area (Å²) in [6.45, 7) is 6.12. The van der Waals surface area contributed by atoms with Crippen LogP contribution < -0.4 is 16.2 Å². The van der Waals surface area contributed by atoms with Crippen molar-refractivity contribution in [2.45, 2.75) is 59.2 Å². The number of ketones is 1. The smallest absolute Gasteiger partial charge is 0.339 e. The second-order valence-electron chi connectivity index (χ2n) is 9.03. The summed E-state index contributed by atoms with van der Waals surface area (Å²) >= 11 is 0. The summed E-state index contributed by atoms with van der Waals surface area (Å²) in [7, 11) is 0. The van der Waals surface area contributed by atoms with Crippen LogP contribution in [0.2, 0.25) is 0 Å². The van der Waals surface area contributed by atoms with E-state index in [0.717, 1.165) is 4.57 Å². The summed E-state index contributed by atoms with van der Waals surface area (Å²) in [5.74, 6) is -3.73. The number of benzene rings is 1. The molecule has 0 saturated carbocycles. The third kappa shape index (κ3) is 7.15. The standard InChI is InChI=1S/C26H30N6O8/c1-5-19(32-10-9-27-23(25(32)37)28-12-18-16(4)30-40-31-18)24(36)29-17(11-21(34)35)20(33)13-39-26(38)22-14(2)7-6-8-15(22)3/h6-10,17,19H,5,11-13H2,1-4H3,(H,27,28)(H,29,36)(H,34,35). The Hall–Kier alpha value is -4.88. The molecule has 0 aliphatic carbocycles. The summed E-state index contributed by atoms with van der Waals surface area (Å²) in [6.07, 6.45) is 2.02. The van der Waals surface area contributed by atoms with Crippen LogP contribution in [0.25, 0.3) is 0 Å². The molecule has 14 nitrogen and oxygen atoms in total. The molecule has 0 aliphatic heterocycles. The van der Waals surface area contributed by atoms with Crippen molar-refractivity contribution in [3.63, 3.8) is 0 Å². The zero-order chi connectivity index (χ0) is 29.4. The summed E-state index contributed by atoms with van der Waals surface area (Å²) in [5.41, 5.74) is 1.99. The first-order valence-corrected chi connectivity index (χ1v) is 12.4. The van der Waals surface area contributed by atoms with Crippen LogP contribution in [0.15, 0.2) is 40.0 Å². The van der Waals surface area contributed by atoms with E-state index >= 15 is 0 Å². The van der Waals surface area contributed by atoms with Gasteiger partial charge in [-0.1, -0.05) is 35.4 Å². The molecule has 3 N–H and O–H groups in total. The highest BCUT2D eigenvalue weighted by Gasteiger charge is 2.29. The lowest BCUT2D eigenvalue weighted by atomic mass is 10.0. The summed E-state index contributed by atoms with van der Waals surface area (Å²) in [5, 5.41) is 21.9. The Labute approximate surface area is 228 Å². The monoisotopic (exact) mass is 554 g/mol. The zero-order valence-electron chi connectivity index (χ0n) is 22.5. The van der Waals surface area contributed by atoms with E-state index in [1.54, 1.807) is 45.9 Å². The molecular formula is C26H30N6O8. The van der Waals surface area contributed by atoms with Gasteiger partial charge in [0.05, 0.1) is 18.5 Å². The summed E-state index contributed by atoms with van der Waals surface area (Å²) in [4.78, 5) is 67.1.